The maximum absolute atomic E-state index is 14.1. The average Bonchev–Trinajstić information content (AvgIpc) is 3.17. The third kappa shape index (κ3) is 3.28. The molecule has 3 saturated heterocycles. The Balaban J connectivity index is 1.41. The van der Waals surface area contributed by atoms with Crippen LogP contribution in [0.15, 0.2) is 18.2 Å². The van der Waals surface area contributed by atoms with Crippen LogP contribution in [0.2, 0.25) is 0 Å². The van der Waals surface area contributed by atoms with Crippen molar-refractivity contribution in [3.8, 4) is 0 Å². The largest absolute Gasteiger partial charge is 0.370 e. The van der Waals surface area contributed by atoms with Crippen molar-refractivity contribution in [3.63, 3.8) is 0 Å². The summed E-state index contributed by atoms with van der Waals surface area (Å²) in [5, 5.41) is 0. The number of nitrogens with zero attached hydrogens (tertiary/aromatic N) is 2. The molecule has 2 N–H and O–H groups in total. The molecule has 3 fully saturated rings. The van der Waals surface area contributed by atoms with Crippen molar-refractivity contribution in [2.24, 2.45) is 11.7 Å². The van der Waals surface area contributed by atoms with Crippen LogP contribution in [-0.2, 0) is 4.74 Å². The van der Waals surface area contributed by atoms with Gasteiger partial charge in [-0.05, 0) is 57.4 Å². The predicted octanol–water partition coefficient (Wildman–Crippen LogP) is 2.54. The van der Waals surface area contributed by atoms with E-state index in [9.17, 15) is 8.78 Å². The minimum absolute atomic E-state index is 0.236. The number of hydrogen-bond acceptors (Lipinski definition) is 4. The summed E-state index contributed by atoms with van der Waals surface area (Å²) < 4.78 is 33.5. The van der Waals surface area contributed by atoms with E-state index in [1.165, 1.54) is 19.0 Å². The lowest BCUT2D eigenvalue weighted by atomic mass is 9.93. The zero-order chi connectivity index (χ0) is 18.4. The molecule has 1 aromatic carbocycles. The van der Waals surface area contributed by atoms with Crippen LogP contribution < -0.4 is 5.73 Å². The van der Waals surface area contributed by atoms with Gasteiger partial charge in [0.15, 0.2) is 0 Å². The van der Waals surface area contributed by atoms with Crippen LogP contribution in [0.3, 0.4) is 0 Å². The van der Waals surface area contributed by atoms with Gasteiger partial charge in [0.2, 0.25) is 0 Å². The Bertz CT molecular complexity index is 656. The number of ether oxygens (including phenoxy) is 1. The van der Waals surface area contributed by atoms with E-state index in [1.54, 1.807) is 0 Å². The molecule has 3 aliphatic rings. The van der Waals surface area contributed by atoms with Crippen LogP contribution in [0.4, 0.5) is 8.78 Å². The molecule has 1 aromatic rings. The fourth-order valence-corrected chi connectivity index (χ4v) is 5.12. The van der Waals surface area contributed by atoms with Crippen LogP contribution in [0.5, 0.6) is 0 Å². The van der Waals surface area contributed by atoms with Gasteiger partial charge in [-0.25, -0.2) is 8.78 Å². The minimum atomic E-state index is -0.573. The third-order valence-corrected chi connectivity index (χ3v) is 6.46. The van der Waals surface area contributed by atoms with E-state index in [0.29, 0.717) is 18.7 Å². The standard InChI is InChI=1S/C20H29F2N3O/c1-12(2)25-6-5-13-9-24(10-19(13)25)15-8-18(23)20(26-11-15)16-7-14(21)3-4-17(16)22/h3-4,7,12-13,15,18-20H,5-6,8-11,23H2,1-2H3/t13?,15-,18+,19?,20-/m1/s1. The molecule has 0 spiro atoms. The van der Waals surface area contributed by atoms with Gasteiger partial charge in [-0.1, -0.05) is 0 Å². The van der Waals surface area contributed by atoms with Crippen molar-refractivity contribution in [1.82, 2.24) is 9.80 Å². The highest BCUT2D eigenvalue weighted by atomic mass is 19.1. The van der Waals surface area contributed by atoms with E-state index in [1.807, 2.05) is 0 Å². The first-order valence-electron chi connectivity index (χ1n) is 9.76. The molecular weight excluding hydrogens is 336 g/mol. The fourth-order valence-electron chi connectivity index (χ4n) is 5.12. The molecule has 4 nitrogen and oxygen atoms in total. The van der Waals surface area contributed by atoms with Gasteiger partial charge in [-0.15, -0.1) is 0 Å². The molecule has 144 valence electrons. The molecule has 0 saturated carbocycles. The molecule has 0 aliphatic carbocycles. The van der Waals surface area contributed by atoms with Crippen LogP contribution in [0.1, 0.15) is 38.4 Å². The molecule has 0 bridgehead atoms. The Morgan fingerprint density at radius 1 is 1.23 bits per heavy atom. The van der Waals surface area contributed by atoms with Crippen LogP contribution in [-0.4, -0.2) is 60.2 Å². The zero-order valence-corrected chi connectivity index (χ0v) is 15.6. The molecule has 3 aliphatic heterocycles. The Hall–Kier alpha value is -1.08. The maximum Gasteiger partial charge on any atom is 0.129 e. The van der Waals surface area contributed by atoms with E-state index in [-0.39, 0.29) is 17.6 Å². The highest BCUT2D eigenvalue weighted by Crippen LogP contribution is 2.37. The number of likely N-dealkylation sites (tertiary alicyclic amines) is 2. The topological polar surface area (TPSA) is 41.7 Å². The van der Waals surface area contributed by atoms with E-state index in [2.05, 4.69) is 23.6 Å². The molecule has 6 heteroatoms. The Kier molecular flexibility index (Phi) is 5.03. The van der Waals surface area contributed by atoms with Gasteiger partial charge in [-0.2, -0.15) is 0 Å². The number of halogens is 2. The minimum Gasteiger partial charge on any atom is -0.370 e. The number of rotatable bonds is 3. The summed E-state index contributed by atoms with van der Waals surface area (Å²) in [6.07, 6.45) is 1.44. The van der Waals surface area contributed by atoms with Crippen LogP contribution in [0, 0.1) is 17.6 Å². The van der Waals surface area contributed by atoms with E-state index in [4.69, 9.17) is 10.5 Å². The molecule has 2 unspecified atom stereocenters. The fraction of sp³-hybridized carbons (Fsp3) is 0.700. The lowest BCUT2D eigenvalue weighted by molar-refractivity contribution is -0.0491. The molecule has 26 heavy (non-hydrogen) atoms. The third-order valence-electron chi connectivity index (χ3n) is 6.46. The Morgan fingerprint density at radius 3 is 2.77 bits per heavy atom. The monoisotopic (exact) mass is 365 g/mol. The van der Waals surface area contributed by atoms with Crippen molar-refractivity contribution in [2.75, 3.05) is 26.2 Å². The number of fused-ring (bicyclic) bond motifs is 1. The lowest BCUT2D eigenvalue weighted by Crippen LogP contribution is -2.50. The SMILES string of the molecule is CC(C)N1CCC2CN([C@H]3CO[C@H](c4cc(F)ccc4F)[C@@H](N)C3)CC21. The van der Waals surface area contributed by atoms with Crippen molar-refractivity contribution in [3.05, 3.63) is 35.4 Å². The molecule has 5 atom stereocenters. The summed E-state index contributed by atoms with van der Waals surface area (Å²) in [5.74, 6) is -0.180. The first kappa shape index (κ1) is 18.3. The highest BCUT2D eigenvalue weighted by Gasteiger charge is 2.45. The number of hydrogen-bond donors (Lipinski definition) is 1. The quantitative estimate of drug-likeness (QED) is 0.894. The summed E-state index contributed by atoms with van der Waals surface area (Å²) in [6.45, 7) is 8.40. The van der Waals surface area contributed by atoms with Crippen molar-refractivity contribution < 1.29 is 13.5 Å². The second-order valence-electron chi connectivity index (χ2n) is 8.37. The zero-order valence-electron chi connectivity index (χ0n) is 15.6. The summed E-state index contributed by atoms with van der Waals surface area (Å²) >= 11 is 0. The predicted molar refractivity (Wildman–Crippen MR) is 96.7 cm³/mol. The van der Waals surface area contributed by atoms with Crippen LogP contribution in [0.25, 0.3) is 0 Å². The molecular formula is C20H29F2N3O. The number of nitrogens with two attached hydrogens (primary N) is 1. The van der Waals surface area contributed by atoms with Gasteiger partial charge in [0.05, 0.1) is 6.61 Å². The van der Waals surface area contributed by atoms with Gasteiger partial charge in [0, 0.05) is 42.8 Å². The normalized spacial score (nSPS) is 36.0. The van der Waals surface area contributed by atoms with Gasteiger partial charge in [0.1, 0.15) is 17.7 Å². The number of benzene rings is 1. The maximum atomic E-state index is 14.1. The van der Waals surface area contributed by atoms with Crippen molar-refractivity contribution in [2.45, 2.75) is 57.0 Å². The second kappa shape index (κ2) is 7.15. The first-order chi connectivity index (χ1) is 12.4. The van der Waals surface area contributed by atoms with Crippen LogP contribution >= 0.6 is 0 Å². The summed E-state index contributed by atoms with van der Waals surface area (Å²) in [7, 11) is 0. The Morgan fingerprint density at radius 2 is 2.04 bits per heavy atom. The molecule has 3 heterocycles. The van der Waals surface area contributed by atoms with Crippen molar-refractivity contribution >= 4 is 0 Å². The Labute approximate surface area is 154 Å². The van der Waals surface area contributed by atoms with E-state index < -0.39 is 17.7 Å². The molecule has 0 amide bonds. The summed E-state index contributed by atoms with van der Waals surface area (Å²) in [5.41, 5.74) is 6.56. The summed E-state index contributed by atoms with van der Waals surface area (Å²) in [6, 6.07) is 4.62. The first-order valence-corrected chi connectivity index (χ1v) is 9.76. The van der Waals surface area contributed by atoms with Gasteiger partial charge in [0.25, 0.3) is 0 Å². The second-order valence-corrected chi connectivity index (χ2v) is 8.37. The average molecular weight is 365 g/mol. The van der Waals surface area contributed by atoms with Gasteiger partial charge >= 0.3 is 0 Å². The molecule has 4 rings (SSSR count). The molecule has 0 aromatic heterocycles. The van der Waals surface area contributed by atoms with E-state index in [0.717, 1.165) is 37.6 Å². The lowest BCUT2D eigenvalue weighted by Gasteiger charge is -2.39. The van der Waals surface area contributed by atoms with Gasteiger partial charge in [-0.3, -0.25) is 9.80 Å². The summed E-state index contributed by atoms with van der Waals surface area (Å²) in [4.78, 5) is 5.11. The van der Waals surface area contributed by atoms with E-state index >= 15 is 0 Å². The molecule has 0 radical (unpaired) electrons. The van der Waals surface area contributed by atoms with Crippen molar-refractivity contribution in [1.29, 1.82) is 0 Å². The smallest absolute Gasteiger partial charge is 0.129 e. The highest BCUT2D eigenvalue weighted by molar-refractivity contribution is 5.23. The van der Waals surface area contributed by atoms with Gasteiger partial charge < -0.3 is 10.5 Å².